The molecule has 0 spiro atoms. The molecule has 1 atom stereocenters. The van der Waals surface area contributed by atoms with Crippen LogP contribution < -0.4 is 5.32 Å². The molecule has 1 unspecified atom stereocenters. The minimum Gasteiger partial charge on any atom is -0.319 e. The molecule has 1 fully saturated rings. The van der Waals surface area contributed by atoms with E-state index in [4.69, 9.17) is 4.98 Å². The molecule has 3 rings (SSSR count). The molecule has 88 valence electrons. The molecule has 4 heteroatoms. The highest BCUT2D eigenvalue weighted by atomic mass is 15.4. The average Bonchev–Trinajstić information content (AvgIpc) is 2.57. The Bertz CT molecular complexity index is 367. The van der Waals surface area contributed by atoms with Gasteiger partial charge in [0.1, 0.15) is 5.82 Å². The lowest BCUT2D eigenvalue weighted by atomic mass is 9.85. The Kier molecular flexibility index (Phi) is 2.67. The third-order valence-corrected chi connectivity index (χ3v) is 3.94. The Hall–Kier alpha value is -0.900. The molecule has 0 bridgehead atoms. The lowest BCUT2D eigenvalue weighted by molar-refractivity contribution is 0.332. The van der Waals surface area contributed by atoms with Gasteiger partial charge >= 0.3 is 0 Å². The molecule has 1 aliphatic carbocycles. The van der Waals surface area contributed by atoms with Gasteiger partial charge in [-0.15, -0.1) is 0 Å². The maximum absolute atomic E-state index is 4.70. The van der Waals surface area contributed by atoms with Crippen LogP contribution in [0, 0.1) is 5.92 Å². The summed E-state index contributed by atoms with van der Waals surface area (Å²) >= 11 is 0. The first-order valence-corrected chi connectivity index (χ1v) is 6.45. The van der Waals surface area contributed by atoms with E-state index in [2.05, 4.69) is 15.1 Å². The summed E-state index contributed by atoms with van der Waals surface area (Å²) in [5, 5.41) is 7.94. The molecule has 0 saturated heterocycles. The Labute approximate surface area is 96.4 Å². The highest BCUT2D eigenvalue weighted by Gasteiger charge is 2.27. The van der Waals surface area contributed by atoms with Crippen molar-refractivity contribution in [3.8, 4) is 0 Å². The first-order chi connectivity index (χ1) is 7.86. The Morgan fingerprint density at radius 2 is 2.25 bits per heavy atom. The van der Waals surface area contributed by atoms with Crippen LogP contribution in [0.5, 0.6) is 0 Å². The van der Waals surface area contributed by atoms with Gasteiger partial charge in [-0.25, -0.2) is 9.67 Å². The van der Waals surface area contributed by atoms with Crippen molar-refractivity contribution in [3.63, 3.8) is 0 Å². The van der Waals surface area contributed by atoms with Gasteiger partial charge in [0, 0.05) is 18.9 Å². The number of fused-ring (bicyclic) bond motifs is 1. The standard InChI is InChI=1S/C12H20N4/c1-13-7-9-5-6-11-14-12(10-3-2-4-10)15-16(11)8-9/h9-10,13H,2-8H2,1H3. The van der Waals surface area contributed by atoms with Crippen LogP contribution >= 0.6 is 0 Å². The Morgan fingerprint density at radius 3 is 2.94 bits per heavy atom. The molecule has 2 heterocycles. The maximum Gasteiger partial charge on any atom is 0.154 e. The largest absolute Gasteiger partial charge is 0.319 e. The fraction of sp³-hybridized carbons (Fsp3) is 0.833. The molecule has 1 aromatic rings. The van der Waals surface area contributed by atoms with E-state index in [0.717, 1.165) is 31.3 Å². The van der Waals surface area contributed by atoms with Gasteiger partial charge in [-0.2, -0.15) is 5.10 Å². The lowest BCUT2D eigenvalue weighted by Crippen LogP contribution is -2.28. The van der Waals surface area contributed by atoms with Crippen molar-refractivity contribution in [1.82, 2.24) is 20.1 Å². The second-order valence-electron chi connectivity index (χ2n) is 5.16. The number of aryl methyl sites for hydroxylation is 1. The topological polar surface area (TPSA) is 42.7 Å². The number of aromatic nitrogens is 3. The minimum absolute atomic E-state index is 0.667. The quantitative estimate of drug-likeness (QED) is 0.835. The summed E-state index contributed by atoms with van der Waals surface area (Å²) in [6, 6.07) is 0. The summed E-state index contributed by atoms with van der Waals surface area (Å²) in [6.45, 7) is 2.15. The van der Waals surface area contributed by atoms with Crippen LogP contribution in [0.15, 0.2) is 0 Å². The van der Waals surface area contributed by atoms with Crippen molar-refractivity contribution in [3.05, 3.63) is 11.6 Å². The van der Waals surface area contributed by atoms with E-state index in [9.17, 15) is 0 Å². The van der Waals surface area contributed by atoms with E-state index >= 15 is 0 Å². The van der Waals surface area contributed by atoms with E-state index in [1.54, 1.807) is 0 Å². The van der Waals surface area contributed by atoms with Gasteiger partial charge < -0.3 is 5.32 Å². The zero-order valence-electron chi connectivity index (χ0n) is 9.95. The molecule has 16 heavy (non-hydrogen) atoms. The molecule has 4 nitrogen and oxygen atoms in total. The molecule has 0 amide bonds. The van der Waals surface area contributed by atoms with Crippen molar-refractivity contribution in [1.29, 1.82) is 0 Å². The molecule has 1 N–H and O–H groups in total. The van der Waals surface area contributed by atoms with Gasteiger partial charge in [0.15, 0.2) is 5.82 Å². The van der Waals surface area contributed by atoms with Gasteiger partial charge in [-0.1, -0.05) is 6.42 Å². The summed E-state index contributed by atoms with van der Waals surface area (Å²) in [6.07, 6.45) is 6.30. The average molecular weight is 220 g/mol. The minimum atomic E-state index is 0.667. The van der Waals surface area contributed by atoms with Crippen LogP contribution in [0.1, 0.15) is 43.3 Å². The zero-order valence-corrected chi connectivity index (χ0v) is 9.95. The summed E-state index contributed by atoms with van der Waals surface area (Å²) in [5.41, 5.74) is 0. The smallest absolute Gasteiger partial charge is 0.154 e. The SMILES string of the molecule is CNCC1CCc2nc(C3CCC3)nn2C1. The van der Waals surface area contributed by atoms with Crippen molar-refractivity contribution < 1.29 is 0 Å². The summed E-state index contributed by atoms with van der Waals surface area (Å²) in [5.74, 6) is 3.73. The third kappa shape index (κ3) is 1.75. The summed E-state index contributed by atoms with van der Waals surface area (Å²) in [7, 11) is 2.02. The first-order valence-electron chi connectivity index (χ1n) is 6.45. The molecule has 1 aromatic heterocycles. The lowest BCUT2D eigenvalue weighted by Gasteiger charge is -2.22. The number of nitrogens with zero attached hydrogens (tertiary/aromatic N) is 3. The highest BCUT2D eigenvalue weighted by molar-refractivity contribution is 5.04. The Balaban J connectivity index is 1.74. The molecule has 2 aliphatic rings. The number of nitrogens with one attached hydrogen (secondary N) is 1. The fourth-order valence-electron chi connectivity index (χ4n) is 2.69. The maximum atomic E-state index is 4.70. The molecular weight excluding hydrogens is 200 g/mol. The van der Waals surface area contributed by atoms with Crippen molar-refractivity contribution in [2.45, 2.75) is 44.6 Å². The van der Waals surface area contributed by atoms with Crippen LogP contribution in [0.2, 0.25) is 0 Å². The molecule has 0 aromatic carbocycles. The molecule has 1 saturated carbocycles. The first kappa shape index (κ1) is 10.3. The van der Waals surface area contributed by atoms with Crippen molar-refractivity contribution >= 4 is 0 Å². The fourth-order valence-corrected chi connectivity index (χ4v) is 2.69. The van der Waals surface area contributed by atoms with E-state index in [1.807, 2.05) is 7.05 Å². The van der Waals surface area contributed by atoms with Crippen LogP contribution in [0.4, 0.5) is 0 Å². The van der Waals surface area contributed by atoms with Gasteiger partial charge in [0.05, 0.1) is 0 Å². The number of hydrogen-bond acceptors (Lipinski definition) is 3. The second kappa shape index (κ2) is 4.17. The molecule has 1 aliphatic heterocycles. The van der Waals surface area contributed by atoms with E-state index in [-0.39, 0.29) is 0 Å². The van der Waals surface area contributed by atoms with Gasteiger partial charge in [-0.05, 0) is 38.8 Å². The van der Waals surface area contributed by atoms with E-state index in [1.165, 1.54) is 31.5 Å². The number of hydrogen-bond donors (Lipinski definition) is 1. The summed E-state index contributed by atoms with van der Waals surface area (Å²) in [4.78, 5) is 4.70. The third-order valence-electron chi connectivity index (χ3n) is 3.94. The predicted molar refractivity (Wildman–Crippen MR) is 62.4 cm³/mol. The van der Waals surface area contributed by atoms with Crippen LogP contribution in [0.25, 0.3) is 0 Å². The monoisotopic (exact) mass is 220 g/mol. The highest BCUT2D eigenvalue weighted by Crippen LogP contribution is 2.35. The van der Waals surface area contributed by atoms with Gasteiger partial charge in [0.2, 0.25) is 0 Å². The van der Waals surface area contributed by atoms with E-state index in [0.29, 0.717) is 5.92 Å². The van der Waals surface area contributed by atoms with Gasteiger partial charge in [0.25, 0.3) is 0 Å². The Morgan fingerprint density at radius 1 is 1.38 bits per heavy atom. The van der Waals surface area contributed by atoms with Crippen LogP contribution in [-0.4, -0.2) is 28.4 Å². The van der Waals surface area contributed by atoms with E-state index < -0.39 is 0 Å². The predicted octanol–water partition coefficient (Wildman–Crippen LogP) is 1.33. The van der Waals surface area contributed by atoms with Gasteiger partial charge in [-0.3, -0.25) is 0 Å². The van der Waals surface area contributed by atoms with Crippen LogP contribution in [-0.2, 0) is 13.0 Å². The second-order valence-corrected chi connectivity index (χ2v) is 5.16. The molecular formula is C12H20N4. The van der Waals surface area contributed by atoms with Crippen molar-refractivity contribution in [2.24, 2.45) is 5.92 Å². The summed E-state index contributed by atoms with van der Waals surface area (Å²) < 4.78 is 2.15. The van der Waals surface area contributed by atoms with Crippen LogP contribution in [0.3, 0.4) is 0 Å². The normalized spacial score (nSPS) is 25.2. The molecule has 0 radical (unpaired) electrons. The van der Waals surface area contributed by atoms with Crippen molar-refractivity contribution in [2.75, 3.05) is 13.6 Å². The zero-order chi connectivity index (χ0) is 11.0. The number of rotatable bonds is 3.